The fraction of sp³-hybridized carbons (Fsp3) is 0.435. The number of hydrogen-bond acceptors (Lipinski definition) is 3. The summed E-state index contributed by atoms with van der Waals surface area (Å²) in [5.41, 5.74) is 2.17. The molecule has 0 unspecified atom stereocenters. The van der Waals surface area contributed by atoms with Crippen molar-refractivity contribution in [2.75, 3.05) is 20.6 Å². The van der Waals surface area contributed by atoms with E-state index in [9.17, 15) is 9.90 Å². The molecule has 1 amide bonds. The summed E-state index contributed by atoms with van der Waals surface area (Å²) in [7, 11) is 4.01. The third-order valence-corrected chi connectivity index (χ3v) is 6.69. The second-order valence-corrected chi connectivity index (χ2v) is 8.67. The molecule has 2 N–H and O–H groups in total. The van der Waals surface area contributed by atoms with Crippen LogP contribution in [-0.2, 0) is 16.6 Å². The molecular weight excluding hydrogens is 372 g/mol. The molecular formula is C23H29ClN2O2. The summed E-state index contributed by atoms with van der Waals surface area (Å²) in [5, 5.41) is 13.1. The Balaban J connectivity index is 1.62. The maximum atomic E-state index is 12.9. The molecule has 1 saturated carbocycles. The molecule has 0 radical (unpaired) electrons. The van der Waals surface area contributed by atoms with Gasteiger partial charge in [-0.15, -0.1) is 0 Å². The number of amides is 1. The van der Waals surface area contributed by atoms with Gasteiger partial charge in [-0.1, -0.05) is 61.8 Å². The highest BCUT2D eigenvalue weighted by atomic mass is 35.5. The van der Waals surface area contributed by atoms with Gasteiger partial charge in [0.15, 0.2) is 0 Å². The molecule has 0 spiro atoms. The Morgan fingerprint density at radius 3 is 2.54 bits per heavy atom. The van der Waals surface area contributed by atoms with E-state index in [4.69, 9.17) is 11.6 Å². The molecule has 1 fully saturated rings. The lowest BCUT2D eigenvalue weighted by atomic mass is 9.94. The lowest BCUT2D eigenvalue weighted by molar-refractivity contribution is -0.123. The van der Waals surface area contributed by atoms with Gasteiger partial charge in [0.2, 0.25) is 5.91 Å². The summed E-state index contributed by atoms with van der Waals surface area (Å²) in [6.45, 7) is 4.90. The summed E-state index contributed by atoms with van der Waals surface area (Å²) in [6, 6.07) is 15.7. The first-order chi connectivity index (χ1) is 13.2. The third-order valence-electron chi connectivity index (χ3n) is 6.39. The van der Waals surface area contributed by atoms with Crippen LogP contribution in [0.5, 0.6) is 5.75 Å². The van der Waals surface area contributed by atoms with Crippen molar-refractivity contribution in [1.29, 1.82) is 0 Å². The molecule has 0 saturated heterocycles. The summed E-state index contributed by atoms with van der Waals surface area (Å²) in [4.78, 5) is 15.0. The molecule has 2 aromatic rings. The van der Waals surface area contributed by atoms with E-state index in [1.54, 1.807) is 12.1 Å². The minimum absolute atomic E-state index is 0.000768. The molecule has 0 aliphatic heterocycles. The van der Waals surface area contributed by atoms with Crippen molar-refractivity contribution in [3.05, 3.63) is 64.7 Å². The molecule has 28 heavy (non-hydrogen) atoms. The molecule has 3 rings (SSSR count). The second kappa shape index (κ2) is 8.14. The summed E-state index contributed by atoms with van der Waals surface area (Å²) in [6.07, 6.45) is 0.740. The van der Waals surface area contributed by atoms with Gasteiger partial charge in [-0.25, -0.2) is 0 Å². The zero-order valence-electron chi connectivity index (χ0n) is 16.9. The molecule has 4 nitrogen and oxygen atoms in total. The van der Waals surface area contributed by atoms with Gasteiger partial charge >= 0.3 is 0 Å². The van der Waals surface area contributed by atoms with Crippen molar-refractivity contribution in [2.24, 2.45) is 11.8 Å². The van der Waals surface area contributed by atoms with Crippen LogP contribution in [0.25, 0.3) is 0 Å². The number of phenols is 1. The number of hydrogen-bond donors (Lipinski definition) is 2. The number of halogens is 1. The molecule has 0 aromatic heterocycles. The molecule has 0 heterocycles. The first-order valence-electron chi connectivity index (χ1n) is 9.72. The van der Waals surface area contributed by atoms with Crippen molar-refractivity contribution in [3.8, 4) is 5.75 Å². The van der Waals surface area contributed by atoms with Crippen molar-refractivity contribution >= 4 is 17.5 Å². The maximum absolute atomic E-state index is 12.9. The molecule has 2 aromatic carbocycles. The van der Waals surface area contributed by atoms with E-state index in [2.05, 4.69) is 36.2 Å². The summed E-state index contributed by atoms with van der Waals surface area (Å²) >= 11 is 6.03. The Labute approximate surface area is 172 Å². The van der Waals surface area contributed by atoms with Crippen LogP contribution in [0.15, 0.2) is 48.5 Å². The fourth-order valence-corrected chi connectivity index (χ4v) is 4.39. The van der Waals surface area contributed by atoms with E-state index in [-0.39, 0.29) is 29.0 Å². The zero-order chi connectivity index (χ0) is 20.5. The van der Waals surface area contributed by atoms with Gasteiger partial charge in [-0.05, 0) is 49.7 Å². The van der Waals surface area contributed by atoms with Gasteiger partial charge in [0.25, 0.3) is 0 Å². The lowest BCUT2D eigenvalue weighted by Crippen LogP contribution is -2.42. The highest BCUT2D eigenvalue weighted by Crippen LogP contribution is 2.59. The van der Waals surface area contributed by atoms with Gasteiger partial charge in [0, 0.05) is 18.0 Å². The molecule has 1 aliphatic rings. The van der Waals surface area contributed by atoms with E-state index in [0.29, 0.717) is 17.5 Å². The van der Waals surface area contributed by atoms with Crippen LogP contribution in [0.3, 0.4) is 0 Å². The van der Waals surface area contributed by atoms with Crippen molar-refractivity contribution in [2.45, 2.75) is 31.7 Å². The maximum Gasteiger partial charge on any atom is 0.224 e. The average Bonchev–Trinajstić information content (AvgIpc) is 3.24. The number of rotatable bonds is 7. The number of aromatic hydroxyl groups is 1. The number of carbonyl (C=O) groups excluding carboxylic acids is 1. The minimum atomic E-state index is -0.0938. The fourth-order valence-electron chi connectivity index (χ4n) is 4.18. The Bertz CT molecular complexity index is 840. The van der Waals surface area contributed by atoms with Crippen LogP contribution in [0.2, 0.25) is 5.02 Å². The quantitative estimate of drug-likeness (QED) is 0.742. The SMILES string of the molecule is C[C@H]1[C@@H](C(=O)NC[C@H](Cc2ccc(O)c(Cl)c2)N(C)C)[C@@]1(C)c1ccccc1. The van der Waals surface area contributed by atoms with E-state index in [1.807, 2.05) is 38.4 Å². The van der Waals surface area contributed by atoms with Crippen molar-refractivity contribution in [1.82, 2.24) is 10.2 Å². The van der Waals surface area contributed by atoms with Crippen molar-refractivity contribution in [3.63, 3.8) is 0 Å². The van der Waals surface area contributed by atoms with Gasteiger partial charge in [0.1, 0.15) is 5.75 Å². The smallest absolute Gasteiger partial charge is 0.224 e. The number of benzene rings is 2. The topological polar surface area (TPSA) is 52.6 Å². The van der Waals surface area contributed by atoms with Gasteiger partial charge in [0.05, 0.1) is 10.9 Å². The van der Waals surface area contributed by atoms with Crippen molar-refractivity contribution < 1.29 is 9.90 Å². The highest BCUT2D eigenvalue weighted by Gasteiger charge is 2.62. The second-order valence-electron chi connectivity index (χ2n) is 8.27. The molecule has 1 aliphatic carbocycles. The number of carbonyl (C=O) groups is 1. The Hall–Kier alpha value is -2.04. The van der Waals surface area contributed by atoms with Crippen LogP contribution in [0, 0.1) is 11.8 Å². The number of likely N-dealkylation sites (N-methyl/N-ethyl adjacent to an activating group) is 1. The predicted octanol–water partition coefficient (Wildman–Crippen LogP) is 3.86. The number of phenolic OH excluding ortho intramolecular Hbond substituents is 1. The van der Waals surface area contributed by atoms with Crippen LogP contribution >= 0.6 is 11.6 Å². The molecule has 4 atom stereocenters. The zero-order valence-corrected chi connectivity index (χ0v) is 17.7. The average molecular weight is 401 g/mol. The summed E-state index contributed by atoms with van der Waals surface area (Å²) in [5.74, 6) is 0.530. The molecule has 5 heteroatoms. The number of nitrogens with one attached hydrogen (secondary N) is 1. The third kappa shape index (κ3) is 4.03. The monoisotopic (exact) mass is 400 g/mol. The normalized spacial score (nSPS) is 24.8. The van der Waals surface area contributed by atoms with Gasteiger partial charge in [-0.2, -0.15) is 0 Å². The predicted molar refractivity (Wildman–Crippen MR) is 114 cm³/mol. The Morgan fingerprint density at radius 2 is 1.93 bits per heavy atom. The number of nitrogens with zero attached hydrogens (tertiary/aromatic N) is 1. The van der Waals surface area contributed by atoms with E-state index >= 15 is 0 Å². The van der Waals surface area contributed by atoms with Crippen LogP contribution < -0.4 is 5.32 Å². The lowest BCUT2D eigenvalue weighted by Gasteiger charge is -2.25. The van der Waals surface area contributed by atoms with Crippen LogP contribution in [0.4, 0.5) is 0 Å². The van der Waals surface area contributed by atoms with Crippen LogP contribution in [0.1, 0.15) is 25.0 Å². The van der Waals surface area contributed by atoms with Crippen LogP contribution in [-0.4, -0.2) is 42.6 Å². The van der Waals surface area contributed by atoms with E-state index in [1.165, 1.54) is 5.56 Å². The first kappa shape index (κ1) is 20.7. The Kier molecular flexibility index (Phi) is 6.01. The van der Waals surface area contributed by atoms with E-state index < -0.39 is 0 Å². The first-order valence-corrected chi connectivity index (χ1v) is 10.1. The van der Waals surface area contributed by atoms with Gasteiger partial charge in [-0.3, -0.25) is 4.79 Å². The van der Waals surface area contributed by atoms with E-state index in [0.717, 1.165) is 12.0 Å². The minimum Gasteiger partial charge on any atom is -0.506 e. The standard InChI is InChI=1S/C23H29ClN2O2/c1-15-21(23(15,2)17-8-6-5-7-9-17)22(28)25-14-18(26(3)4)12-16-10-11-20(27)19(24)13-16/h5-11,13,15,18,21,27H,12,14H2,1-4H3,(H,25,28)/t15-,18-,21-,23+/m0/s1. The Morgan fingerprint density at radius 1 is 1.25 bits per heavy atom. The largest absolute Gasteiger partial charge is 0.506 e. The molecule has 0 bridgehead atoms. The summed E-state index contributed by atoms with van der Waals surface area (Å²) < 4.78 is 0. The highest BCUT2D eigenvalue weighted by molar-refractivity contribution is 6.32. The molecule has 150 valence electrons. The van der Waals surface area contributed by atoms with Gasteiger partial charge < -0.3 is 15.3 Å².